The number of fused-ring (bicyclic) bond motifs is 1. The van der Waals surface area contributed by atoms with E-state index < -0.39 is 0 Å². The normalized spacial score (nSPS) is 11.1. The molecule has 34 heavy (non-hydrogen) atoms. The van der Waals surface area contributed by atoms with Crippen LogP contribution in [0.1, 0.15) is 17.5 Å². The summed E-state index contributed by atoms with van der Waals surface area (Å²) in [4.78, 5) is 13.1. The number of aromatic nitrogens is 2. The van der Waals surface area contributed by atoms with E-state index in [1.165, 1.54) is 12.0 Å². The zero-order valence-electron chi connectivity index (χ0n) is 19.6. The van der Waals surface area contributed by atoms with Gasteiger partial charge in [0.05, 0.1) is 18.3 Å². The average Bonchev–Trinajstić information content (AvgIpc) is 2.86. The lowest BCUT2D eigenvalue weighted by Gasteiger charge is -2.13. The number of nitrogens with zero attached hydrogens (tertiary/aromatic N) is 3. The van der Waals surface area contributed by atoms with E-state index >= 15 is 0 Å². The van der Waals surface area contributed by atoms with E-state index in [1.807, 2.05) is 55.5 Å². The minimum atomic E-state index is 0.739. The quantitative estimate of drug-likeness (QED) is 0.170. The maximum Gasteiger partial charge on any atom is 0.174 e. The maximum atomic E-state index is 6.06. The Hall–Kier alpha value is -3.97. The number of anilines is 2. The predicted octanol–water partition coefficient (Wildman–Crippen LogP) is 6.36. The molecule has 1 N–H and O–H groups in total. The number of benzene rings is 3. The molecule has 3 aromatic carbocycles. The molecule has 0 bridgehead atoms. The molecule has 0 aliphatic rings. The Morgan fingerprint density at radius 2 is 1.82 bits per heavy atom. The predicted molar refractivity (Wildman–Crippen MR) is 136 cm³/mol. The van der Waals surface area contributed by atoms with Crippen LogP contribution < -0.4 is 10.1 Å². The highest BCUT2D eigenvalue weighted by Gasteiger charge is 2.08. The third kappa shape index (κ3) is 5.88. The van der Waals surface area contributed by atoms with Crippen molar-refractivity contribution < 1.29 is 14.2 Å². The van der Waals surface area contributed by atoms with Crippen LogP contribution in [0.4, 0.5) is 17.2 Å². The topological polar surface area (TPSA) is 77.9 Å². The van der Waals surface area contributed by atoms with E-state index in [1.54, 1.807) is 20.5 Å². The molecule has 1 aromatic heterocycles. The molecule has 0 unspecified atom stereocenters. The van der Waals surface area contributed by atoms with Crippen LogP contribution >= 0.6 is 0 Å². The fourth-order valence-electron chi connectivity index (χ4n) is 3.60. The highest BCUT2D eigenvalue weighted by molar-refractivity contribution is 5.91. The van der Waals surface area contributed by atoms with E-state index in [2.05, 4.69) is 32.4 Å². The molecule has 0 fully saturated rings. The number of aliphatic imine (C=N–C) groups is 1. The number of methoxy groups -OCH3 is 2. The number of aryl methyl sites for hydroxylation is 2. The van der Waals surface area contributed by atoms with Gasteiger partial charge in [0.15, 0.2) is 6.40 Å². The van der Waals surface area contributed by atoms with Crippen molar-refractivity contribution in [3.63, 3.8) is 0 Å². The Bertz CT molecular complexity index is 1270. The second-order valence-electron chi connectivity index (χ2n) is 7.84. The fraction of sp³-hybridized carbons (Fsp3) is 0.222. The molecule has 0 saturated carbocycles. The number of hydrogen-bond acceptors (Lipinski definition) is 7. The van der Waals surface area contributed by atoms with Crippen LogP contribution in [-0.2, 0) is 15.9 Å². The second-order valence-corrected chi connectivity index (χ2v) is 7.84. The summed E-state index contributed by atoms with van der Waals surface area (Å²) in [5.74, 6) is 2.30. The van der Waals surface area contributed by atoms with E-state index in [-0.39, 0.29) is 0 Å². The third-order valence-corrected chi connectivity index (χ3v) is 5.32. The molecule has 0 aliphatic heterocycles. The summed E-state index contributed by atoms with van der Waals surface area (Å²) >= 11 is 0. The number of ether oxygens (including phenoxy) is 3. The lowest BCUT2D eigenvalue weighted by molar-refractivity contribution is 0.195. The molecule has 4 rings (SSSR count). The molecule has 1 heterocycles. The Morgan fingerprint density at radius 3 is 2.59 bits per heavy atom. The summed E-state index contributed by atoms with van der Waals surface area (Å²) in [6, 6.07) is 19.8. The van der Waals surface area contributed by atoms with Crippen LogP contribution in [0.5, 0.6) is 11.5 Å². The van der Waals surface area contributed by atoms with Crippen LogP contribution in [0, 0.1) is 6.92 Å². The molecule has 0 aliphatic carbocycles. The van der Waals surface area contributed by atoms with E-state index in [9.17, 15) is 0 Å². The Kier molecular flexibility index (Phi) is 7.67. The summed E-state index contributed by atoms with van der Waals surface area (Å²) in [6.07, 6.45) is 4.90. The monoisotopic (exact) mass is 456 g/mol. The van der Waals surface area contributed by atoms with Crippen molar-refractivity contribution in [3.05, 3.63) is 78.1 Å². The van der Waals surface area contributed by atoms with Crippen LogP contribution in [0.15, 0.2) is 72.0 Å². The fourth-order valence-corrected chi connectivity index (χ4v) is 3.60. The van der Waals surface area contributed by atoms with Crippen molar-refractivity contribution in [3.8, 4) is 11.5 Å². The molecule has 0 atom stereocenters. The summed E-state index contributed by atoms with van der Waals surface area (Å²) in [7, 11) is 3.29. The van der Waals surface area contributed by atoms with Crippen LogP contribution in [0.3, 0.4) is 0 Å². The van der Waals surface area contributed by atoms with E-state index in [0.29, 0.717) is 0 Å². The summed E-state index contributed by atoms with van der Waals surface area (Å²) < 4.78 is 16.1. The first-order chi connectivity index (χ1) is 16.7. The Labute approximate surface area is 199 Å². The molecule has 174 valence electrons. The van der Waals surface area contributed by atoms with Crippen molar-refractivity contribution >= 4 is 34.5 Å². The maximum absolute atomic E-state index is 6.06. The van der Waals surface area contributed by atoms with E-state index in [0.717, 1.165) is 64.6 Å². The molecular formula is C27H28N4O3. The van der Waals surface area contributed by atoms with E-state index in [4.69, 9.17) is 14.2 Å². The van der Waals surface area contributed by atoms with Gasteiger partial charge in [0, 0.05) is 24.8 Å². The third-order valence-electron chi connectivity index (χ3n) is 5.32. The van der Waals surface area contributed by atoms with Crippen molar-refractivity contribution in [2.45, 2.75) is 19.8 Å². The van der Waals surface area contributed by atoms with Crippen LogP contribution in [0.2, 0.25) is 0 Å². The smallest absolute Gasteiger partial charge is 0.174 e. The van der Waals surface area contributed by atoms with Gasteiger partial charge >= 0.3 is 0 Å². The first kappa shape index (κ1) is 23.2. The van der Waals surface area contributed by atoms with Gasteiger partial charge in [0.1, 0.15) is 23.6 Å². The zero-order chi connectivity index (χ0) is 23.8. The molecule has 7 nitrogen and oxygen atoms in total. The molecule has 7 heteroatoms. The van der Waals surface area contributed by atoms with Gasteiger partial charge in [0.2, 0.25) is 0 Å². The lowest BCUT2D eigenvalue weighted by atomic mass is 10.1. The highest BCUT2D eigenvalue weighted by Crippen LogP contribution is 2.31. The number of hydrogen-bond donors (Lipinski definition) is 1. The largest absolute Gasteiger partial charge is 0.486 e. The second kappa shape index (κ2) is 11.2. The highest BCUT2D eigenvalue weighted by atomic mass is 16.5. The minimum Gasteiger partial charge on any atom is -0.486 e. The average molecular weight is 457 g/mol. The van der Waals surface area contributed by atoms with Crippen LogP contribution in [-0.4, -0.2) is 37.2 Å². The molecule has 0 spiro atoms. The lowest BCUT2D eigenvalue weighted by Crippen LogP contribution is -1.98. The molecule has 0 amide bonds. The first-order valence-corrected chi connectivity index (χ1v) is 11.1. The number of rotatable bonds is 10. The van der Waals surface area contributed by atoms with Crippen molar-refractivity contribution in [1.29, 1.82) is 0 Å². The Morgan fingerprint density at radius 1 is 0.971 bits per heavy atom. The van der Waals surface area contributed by atoms with Crippen molar-refractivity contribution in [2.24, 2.45) is 4.99 Å². The summed E-state index contributed by atoms with van der Waals surface area (Å²) in [6.45, 7) is 2.76. The van der Waals surface area contributed by atoms with Gasteiger partial charge in [-0.15, -0.1) is 0 Å². The number of nitrogens with one attached hydrogen (secondary N) is 1. The van der Waals surface area contributed by atoms with Gasteiger partial charge in [-0.2, -0.15) is 0 Å². The zero-order valence-corrected chi connectivity index (χ0v) is 19.6. The van der Waals surface area contributed by atoms with Gasteiger partial charge < -0.3 is 19.5 Å². The van der Waals surface area contributed by atoms with Gasteiger partial charge in [0.25, 0.3) is 0 Å². The van der Waals surface area contributed by atoms with Gasteiger partial charge in [-0.25, -0.2) is 15.0 Å². The minimum absolute atomic E-state index is 0.739. The van der Waals surface area contributed by atoms with Crippen LogP contribution in [0.25, 0.3) is 10.9 Å². The molecular weight excluding hydrogens is 428 g/mol. The molecule has 4 aromatic rings. The van der Waals surface area contributed by atoms with Gasteiger partial charge in [-0.1, -0.05) is 6.07 Å². The molecule has 0 radical (unpaired) electrons. The summed E-state index contributed by atoms with van der Waals surface area (Å²) in [5.41, 5.74) is 4.87. The Balaban J connectivity index is 1.50. The van der Waals surface area contributed by atoms with Crippen molar-refractivity contribution in [1.82, 2.24) is 9.97 Å². The van der Waals surface area contributed by atoms with Gasteiger partial charge in [-0.05, 0) is 85.5 Å². The summed E-state index contributed by atoms with van der Waals surface area (Å²) in [5, 5.41) is 4.43. The van der Waals surface area contributed by atoms with Crippen molar-refractivity contribution in [2.75, 3.05) is 26.1 Å². The first-order valence-electron chi connectivity index (χ1n) is 11.1. The molecule has 0 saturated heterocycles. The van der Waals surface area contributed by atoms with Gasteiger partial charge in [-0.3, -0.25) is 0 Å². The standard InChI is InChI=1S/C27H28N4O3/c1-19-15-22(9-13-26(19)34-23-10-7-21(8-11-23)30-18-33-3)31-27-24-16-20(5-4-14-32-2)6-12-25(24)28-17-29-27/h6-13,15-18H,4-5,14H2,1-3H3,(H,28,29,31)/b30-18-. The SMILES string of the molecule is CO/C=N\c1ccc(Oc2ccc(Nc3ncnc4ccc(CCCOC)cc34)cc2C)cc1.